The highest BCUT2D eigenvalue weighted by Crippen LogP contribution is 2.26. The minimum atomic E-state index is -1.09. The van der Waals surface area contributed by atoms with E-state index in [0.29, 0.717) is 6.07 Å². The van der Waals surface area contributed by atoms with Crippen molar-refractivity contribution < 1.29 is 18.0 Å². The topological polar surface area (TPSA) is 55.1 Å². The van der Waals surface area contributed by atoms with Gasteiger partial charge in [-0.1, -0.05) is 17.7 Å². The Bertz CT molecular complexity index is 671. The van der Waals surface area contributed by atoms with Crippen molar-refractivity contribution in [1.82, 2.24) is 0 Å². The van der Waals surface area contributed by atoms with Crippen LogP contribution in [0.15, 0.2) is 30.3 Å². The number of nitrogen functional groups attached to an aromatic ring is 1. The lowest BCUT2D eigenvalue weighted by Crippen LogP contribution is -2.16. The van der Waals surface area contributed by atoms with Crippen molar-refractivity contribution in [2.45, 2.75) is 0 Å². The van der Waals surface area contributed by atoms with E-state index in [9.17, 15) is 18.0 Å². The van der Waals surface area contributed by atoms with Crippen molar-refractivity contribution in [3.63, 3.8) is 0 Å². The average Bonchev–Trinajstić information content (AvgIpc) is 2.38. The zero-order valence-corrected chi connectivity index (χ0v) is 10.6. The molecule has 0 aliphatic carbocycles. The van der Waals surface area contributed by atoms with Crippen molar-refractivity contribution in [1.29, 1.82) is 0 Å². The molecule has 0 atom stereocenters. The van der Waals surface area contributed by atoms with Crippen LogP contribution < -0.4 is 11.1 Å². The van der Waals surface area contributed by atoms with Crippen molar-refractivity contribution in [3.8, 4) is 0 Å². The quantitative estimate of drug-likeness (QED) is 0.833. The van der Waals surface area contributed by atoms with Crippen LogP contribution in [-0.4, -0.2) is 5.91 Å². The fourth-order valence-corrected chi connectivity index (χ4v) is 1.78. The number of hydrogen-bond donors (Lipinski definition) is 2. The first-order valence-electron chi connectivity index (χ1n) is 5.40. The van der Waals surface area contributed by atoms with E-state index in [1.165, 1.54) is 12.1 Å². The predicted molar refractivity (Wildman–Crippen MR) is 70.1 cm³/mol. The van der Waals surface area contributed by atoms with Crippen LogP contribution >= 0.6 is 11.6 Å². The first-order chi connectivity index (χ1) is 9.40. The van der Waals surface area contributed by atoms with Gasteiger partial charge in [0.25, 0.3) is 5.91 Å². The number of anilines is 2. The fraction of sp³-hybridized carbons (Fsp3) is 0. The maximum Gasteiger partial charge on any atom is 0.258 e. The van der Waals surface area contributed by atoms with Gasteiger partial charge in [0.05, 0.1) is 22.0 Å². The van der Waals surface area contributed by atoms with E-state index in [1.54, 1.807) is 0 Å². The molecule has 0 fully saturated rings. The molecule has 1 amide bonds. The molecule has 7 heteroatoms. The summed E-state index contributed by atoms with van der Waals surface area (Å²) in [4.78, 5) is 11.8. The minimum Gasteiger partial charge on any atom is -0.396 e. The van der Waals surface area contributed by atoms with Gasteiger partial charge in [-0.3, -0.25) is 4.79 Å². The Balaban J connectivity index is 2.39. The zero-order valence-electron chi connectivity index (χ0n) is 9.88. The highest BCUT2D eigenvalue weighted by atomic mass is 35.5. The Hall–Kier alpha value is -2.21. The third-order valence-corrected chi connectivity index (χ3v) is 2.83. The molecule has 20 heavy (non-hydrogen) atoms. The van der Waals surface area contributed by atoms with Crippen molar-refractivity contribution in [3.05, 3.63) is 58.4 Å². The van der Waals surface area contributed by atoms with Gasteiger partial charge in [0.1, 0.15) is 11.6 Å². The second-order valence-electron chi connectivity index (χ2n) is 3.91. The summed E-state index contributed by atoms with van der Waals surface area (Å²) in [7, 11) is 0. The lowest BCUT2D eigenvalue weighted by Gasteiger charge is -2.10. The molecule has 0 bridgehead atoms. The highest BCUT2D eigenvalue weighted by Gasteiger charge is 2.18. The van der Waals surface area contributed by atoms with E-state index < -0.39 is 34.6 Å². The lowest BCUT2D eigenvalue weighted by atomic mass is 10.1. The molecule has 3 nitrogen and oxygen atoms in total. The van der Waals surface area contributed by atoms with E-state index in [0.717, 1.165) is 12.1 Å². The molecule has 0 saturated carbocycles. The molecule has 0 aliphatic heterocycles. The number of rotatable bonds is 2. The maximum atomic E-state index is 13.7. The maximum absolute atomic E-state index is 13.7. The number of carbonyl (C=O) groups is 1. The summed E-state index contributed by atoms with van der Waals surface area (Å²) >= 11 is 5.72. The Morgan fingerprint density at radius 3 is 2.55 bits per heavy atom. The summed E-state index contributed by atoms with van der Waals surface area (Å²) in [6.45, 7) is 0. The first-order valence-corrected chi connectivity index (χ1v) is 5.78. The molecule has 2 aromatic carbocycles. The van der Waals surface area contributed by atoms with Crippen LogP contribution in [0.5, 0.6) is 0 Å². The molecular formula is C13H8ClF3N2O. The monoisotopic (exact) mass is 300 g/mol. The number of halogens is 4. The van der Waals surface area contributed by atoms with Gasteiger partial charge in [0, 0.05) is 0 Å². The summed E-state index contributed by atoms with van der Waals surface area (Å²) in [6, 6.07) is 5.15. The summed E-state index contributed by atoms with van der Waals surface area (Å²) in [5.41, 5.74) is 3.74. The Kier molecular flexibility index (Phi) is 3.85. The molecule has 104 valence electrons. The van der Waals surface area contributed by atoms with Crippen molar-refractivity contribution in [2.24, 2.45) is 0 Å². The van der Waals surface area contributed by atoms with Gasteiger partial charge in [0.15, 0.2) is 5.82 Å². The summed E-state index contributed by atoms with van der Waals surface area (Å²) in [5, 5.41) is 2.02. The Morgan fingerprint density at radius 2 is 1.90 bits per heavy atom. The smallest absolute Gasteiger partial charge is 0.258 e. The molecule has 0 heterocycles. The summed E-state index contributed by atoms with van der Waals surface area (Å²) in [6.07, 6.45) is 0. The first kappa shape index (κ1) is 14.2. The number of benzene rings is 2. The van der Waals surface area contributed by atoms with E-state index in [1.807, 2.05) is 0 Å². The summed E-state index contributed by atoms with van der Waals surface area (Å²) in [5.74, 6) is -3.82. The van der Waals surface area contributed by atoms with Gasteiger partial charge in [-0.15, -0.1) is 0 Å². The van der Waals surface area contributed by atoms with Crippen molar-refractivity contribution >= 4 is 28.9 Å². The van der Waals surface area contributed by atoms with Crippen LogP contribution in [0.25, 0.3) is 0 Å². The van der Waals surface area contributed by atoms with E-state index in [-0.39, 0.29) is 10.7 Å². The number of nitrogens with one attached hydrogen (secondary N) is 1. The molecule has 0 aliphatic rings. The van der Waals surface area contributed by atoms with Crippen LogP contribution in [0, 0.1) is 17.5 Å². The van der Waals surface area contributed by atoms with E-state index in [4.69, 9.17) is 17.3 Å². The molecule has 0 aromatic heterocycles. The second kappa shape index (κ2) is 5.42. The lowest BCUT2D eigenvalue weighted by molar-refractivity contribution is 0.102. The van der Waals surface area contributed by atoms with Gasteiger partial charge in [-0.2, -0.15) is 0 Å². The second-order valence-corrected chi connectivity index (χ2v) is 4.31. The molecule has 3 N–H and O–H groups in total. The summed E-state index contributed by atoms with van der Waals surface area (Å²) < 4.78 is 40.3. The van der Waals surface area contributed by atoms with Gasteiger partial charge >= 0.3 is 0 Å². The SMILES string of the molecule is Nc1cc(F)cc(C(=O)Nc2c(F)cccc2Cl)c1F. The number of hydrogen-bond acceptors (Lipinski definition) is 2. The normalized spacial score (nSPS) is 10.4. The van der Waals surface area contributed by atoms with Gasteiger partial charge < -0.3 is 11.1 Å². The number of para-hydroxylation sites is 1. The molecular weight excluding hydrogens is 293 g/mol. The van der Waals surface area contributed by atoms with E-state index in [2.05, 4.69) is 5.32 Å². The standard InChI is InChI=1S/C13H8ClF3N2O/c14-8-2-1-3-9(16)12(8)19-13(20)7-4-6(15)5-10(18)11(7)17/h1-5H,18H2,(H,19,20). The van der Waals surface area contributed by atoms with Crippen LogP contribution in [-0.2, 0) is 0 Å². The highest BCUT2D eigenvalue weighted by molar-refractivity contribution is 6.34. The van der Waals surface area contributed by atoms with Crippen molar-refractivity contribution in [2.75, 3.05) is 11.1 Å². The minimum absolute atomic E-state index is 0.0665. The van der Waals surface area contributed by atoms with Crippen LogP contribution in [0.2, 0.25) is 5.02 Å². The molecule has 2 aromatic rings. The van der Waals surface area contributed by atoms with Crippen LogP contribution in [0.3, 0.4) is 0 Å². The van der Waals surface area contributed by atoms with Gasteiger partial charge in [-0.25, -0.2) is 13.2 Å². The molecule has 2 rings (SSSR count). The molecule has 0 unspecified atom stereocenters. The van der Waals surface area contributed by atoms with Crippen LogP contribution in [0.4, 0.5) is 24.5 Å². The Morgan fingerprint density at radius 1 is 1.20 bits per heavy atom. The third kappa shape index (κ3) is 2.70. The number of nitrogens with two attached hydrogens (primary N) is 1. The predicted octanol–water partition coefficient (Wildman–Crippen LogP) is 3.59. The molecule has 0 radical (unpaired) electrons. The average molecular weight is 301 g/mol. The van der Waals surface area contributed by atoms with Gasteiger partial charge in [-0.05, 0) is 24.3 Å². The molecule has 0 saturated heterocycles. The largest absolute Gasteiger partial charge is 0.396 e. The van der Waals surface area contributed by atoms with Gasteiger partial charge in [0.2, 0.25) is 0 Å². The van der Waals surface area contributed by atoms with E-state index >= 15 is 0 Å². The number of amides is 1. The molecule has 0 spiro atoms. The third-order valence-electron chi connectivity index (χ3n) is 2.51. The number of carbonyl (C=O) groups excluding carboxylic acids is 1. The Labute approximate surface area is 117 Å². The zero-order chi connectivity index (χ0) is 14.9. The van der Waals surface area contributed by atoms with Crippen LogP contribution in [0.1, 0.15) is 10.4 Å². The fourth-order valence-electron chi connectivity index (χ4n) is 1.57.